The Balaban J connectivity index is 0.00000342. The third-order valence-corrected chi connectivity index (χ3v) is 5.92. The van der Waals surface area contributed by atoms with Gasteiger partial charge >= 0.3 is 6.03 Å². The van der Waals surface area contributed by atoms with Crippen molar-refractivity contribution >= 4 is 37.5 Å². The Morgan fingerprint density at radius 2 is 1.71 bits per heavy atom. The fraction of sp³-hybridized carbons (Fsp3) is 0.435. The first-order valence-corrected chi connectivity index (χ1v) is 11.1. The number of carbonyl (C=O) groups is 2. The summed E-state index contributed by atoms with van der Waals surface area (Å²) in [7, 11) is 0. The molecule has 0 spiro atoms. The Morgan fingerprint density at radius 3 is 2.34 bits per heavy atom. The van der Waals surface area contributed by atoms with E-state index in [4.69, 9.17) is 0 Å². The summed E-state index contributed by atoms with van der Waals surface area (Å²) < 4.78 is 41.5. The van der Waals surface area contributed by atoms with E-state index in [2.05, 4.69) is 15.1 Å². The number of hydrogen-bond acceptors (Lipinski definition) is 6. The number of rotatable bonds is 5. The molecule has 2 amide bonds. The molecule has 0 N–H and O–H groups in total. The first-order valence-electron chi connectivity index (χ1n) is 11.1. The first kappa shape index (κ1) is 26.5. The molecule has 2 aromatic rings. The zero-order valence-corrected chi connectivity index (χ0v) is 20.4. The van der Waals surface area contributed by atoms with Gasteiger partial charge in [0.2, 0.25) is 5.95 Å². The summed E-state index contributed by atoms with van der Waals surface area (Å²) in [5, 5.41) is 5.37. The highest BCUT2D eigenvalue weighted by Crippen LogP contribution is 2.30. The van der Waals surface area contributed by atoms with Crippen molar-refractivity contribution in [3.05, 3.63) is 53.1 Å². The number of aromatic nitrogens is 2. The van der Waals surface area contributed by atoms with Crippen LogP contribution in [0, 0.1) is 23.4 Å². The molecule has 3 heterocycles. The van der Waals surface area contributed by atoms with Gasteiger partial charge in [-0.1, -0.05) is 13.8 Å². The maximum Gasteiger partial charge on any atom is 0.341 e. The van der Waals surface area contributed by atoms with Gasteiger partial charge in [0.15, 0.2) is 5.82 Å². The van der Waals surface area contributed by atoms with Crippen molar-refractivity contribution < 1.29 is 22.8 Å². The molecule has 1 saturated heterocycles. The van der Waals surface area contributed by atoms with Gasteiger partial charge in [-0.05, 0) is 17.7 Å². The second kappa shape index (κ2) is 11.1. The Labute approximate surface area is 208 Å². The highest BCUT2D eigenvalue weighted by atomic mass is 32.1. The van der Waals surface area contributed by atoms with Crippen molar-refractivity contribution in [2.75, 3.05) is 31.1 Å². The fourth-order valence-electron chi connectivity index (χ4n) is 3.92. The average molecular weight is 509 g/mol. The lowest BCUT2D eigenvalue weighted by molar-refractivity contribution is -0.121. The van der Waals surface area contributed by atoms with Crippen LogP contribution in [-0.2, 0) is 11.2 Å². The van der Waals surface area contributed by atoms with Gasteiger partial charge in [-0.25, -0.2) is 32.9 Å². The maximum absolute atomic E-state index is 14.1. The molecule has 0 saturated carbocycles. The monoisotopic (exact) mass is 508 g/mol. The largest absolute Gasteiger partial charge is 0.341 e. The maximum atomic E-state index is 14.1. The van der Waals surface area contributed by atoms with Gasteiger partial charge in [-0.2, -0.15) is 18.6 Å². The van der Waals surface area contributed by atoms with E-state index in [0.717, 1.165) is 12.3 Å². The first-order chi connectivity index (χ1) is 16.2. The van der Waals surface area contributed by atoms with Crippen LogP contribution < -0.4 is 4.90 Å². The van der Waals surface area contributed by atoms with Crippen molar-refractivity contribution in [3.8, 4) is 0 Å². The van der Waals surface area contributed by atoms with Crippen LogP contribution in [0.15, 0.2) is 29.5 Å². The third-order valence-electron chi connectivity index (χ3n) is 5.92. The van der Waals surface area contributed by atoms with E-state index >= 15 is 0 Å². The summed E-state index contributed by atoms with van der Waals surface area (Å²) in [5.41, 5.74) is 0.393. The molecule has 4 rings (SSSR count). The average Bonchev–Trinajstić information content (AvgIpc) is 3.29. The highest BCUT2D eigenvalue weighted by molar-refractivity contribution is 7.59. The van der Waals surface area contributed by atoms with Crippen LogP contribution >= 0.6 is 13.5 Å². The van der Waals surface area contributed by atoms with Gasteiger partial charge in [0.1, 0.15) is 17.4 Å². The number of carbonyl (C=O) groups excluding carboxylic acids is 2. The predicted molar refractivity (Wildman–Crippen MR) is 129 cm³/mol. The molecule has 1 atom stereocenters. The minimum absolute atomic E-state index is 0. The number of hydrogen-bond donors (Lipinski definition) is 0. The number of piperazine rings is 1. The number of halogens is 3. The van der Waals surface area contributed by atoms with Gasteiger partial charge in [-0.3, -0.25) is 4.79 Å². The van der Waals surface area contributed by atoms with E-state index < -0.39 is 23.5 Å². The summed E-state index contributed by atoms with van der Waals surface area (Å²) in [5.74, 6) is -2.09. The standard InChI is InChI=1S/C23H25F3N6O2.H2S/c1-14(2)21(33)12-19-18(26)13-27-22(29-19)30-5-7-31(8-6-30)23(34)32-20(3-4-28-32)15-9-16(24)11-17(25)10-15;/h4,9-11,13-14,20H,3,5-8,12H2,1-2H3;1H2/t20-;/m0./s1. The van der Waals surface area contributed by atoms with Crippen molar-refractivity contribution in [2.45, 2.75) is 32.7 Å². The number of urea groups is 1. The van der Waals surface area contributed by atoms with Crippen LogP contribution in [0.3, 0.4) is 0 Å². The zero-order chi connectivity index (χ0) is 24.4. The number of benzene rings is 1. The van der Waals surface area contributed by atoms with Gasteiger partial charge in [-0.15, -0.1) is 0 Å². The van der Waals surface area contributed by atoms with Crippen LogP contribution in [0.1, 0.15) is 37.6 Å². The predicted octanol–water partition coefficient (Wildman–Crippen LogP) is 3.45. The summed E-state index contributed by atoms with van der Waals surface area (Å²) in [6.07, 6.45) is 2.86. The Hall–Kier alpha value is -3.15. The molecule has 1 aromatic carbocycles. The van der Waals surface area contributed by atoms with Gasteiger partial charge < -0.3 is 9.80 Å². The molecular formula is C23H27F3N6O2S. The summed E-state index contributed by atoms with van der Waals surface area (Å²) in [4.78, 5) is 36.8. The number of ketones is 1. The molecule has 8 nitrogen and oxygen atoms in total. The lowest BCUT2D eigenvalue weighted by Crippen LogP contribution is -2.52. The Bertz CT molecular complexity index is 1100. The Kier molecular flexibility index (Phi) is 8.36. The molecule has 1 fully saturated rings. The van der Waals surface area contributed by atoms with Crippen LogP contribution in [0.4, 0.5) is 23.9 Å². The molecule has 0 radical (unpaired) electrons. The summed E-state index contributed by atoms with van der Waals surface area (Å²) >= 11 is 0. The molecule has 2 aliphatic heterocycles. The molecule has 12 heteroatoms. The van der Waals surface area contributed by atoms with Gasteiger partial charge in [0.25, 0.3) is 0 Å². The van der Waals surface area contributed by atoms with E-state index in [0.29, 0.717) is 44.1 Å². The number of nitrogens with zero attached hydrogens (tertiary/aromatic N) is 6. The lowest BCUT2D eigenvalue weighted by Gasteiger charge is -2.37. The minimum atomic E-state index is -0.711. The lowest BCUT2D eigenvalue weighted by atomic mass is 10.0. The Morgan fingerprint density at radius 1 is 1.06 bits per heavy atom. The highest BCUT2D eigenvalue weighted by Gasteiger charge is 2.34. The molecule has 2 aliphatic rings. The van der Waals surface area contributed by atoms with Crippen LogP contribution in [0.5, 0.6) is 0 Å². The summed E-state index contributed by atoms with van der Waals surface area (Å²) in [6.45, 7) is 4.94. The summed E-state index contributed by atoms with van der Waals surface area (Å²) in [6, 6.07) is 2.23. The van der Waals surface area contributed by atoms with Crippen molar-refractivity contribution in [1.82, 2.24) is 19.9 Å². The number of hydrazone groups is 1. The number of Topliss-reactive ketones (excluding diaryl/α,β-unsaturated/α-hetero) is 1. The van der Waals surface area contributed by atoms with Crippen molar-refractivity contribution in [1.29, 1.82) is 0 Å². The van der Waals surface area contributed by atoms with Gasteiger partial charge in [0.05, 0.1) is 24.4 Å². The zero-order valence-electron chi connectivity index (χ0n) is 19.4. The van der Waals surface area contributed by atoms with E-state index in [1.807, 2.05) is 4.90 Å². The van der Waals surface area contributed by atoms with E-state index in [9.17, 15) is 22.8 Å². The smallest absolute Gasteiger partial charge is 0.337 e. The number of anilines is 1. The van der Waals surface area contributed by atoms with E-state index in [1.54, 1.807) is 25.0 Å². The quantitative estimate of drug-likeness (QED) is 0.618. The van der Waals surface area contributed by atoms with Crippen LogP contribution in [0.25, 0.3) is 0 Å². The van der Waals surface area contributed by atoms with Crippen LogP contribution in [0.2, 0.25) is 0 Å². The van der Waals surface area contributed by atoms with Crippen molar-refractivity contribution in [3.63, 3.8) is 0 Å². The van der Waals surface area contributed by atoms with E-state index in [-0.39, 0.29) is 43.3 Å². The fourth-order valence-corrected chi connectivity index (χ4v) is 3.92. The molecule has 35 heavy (non-hydrogen) atoms. The molecule has 0 bridgehead atoms. The molecule has 0 unspecified atom stereocenters. The second-order valence-corrected chi connectivity index (χ2v) is 8.62. The molecule has 188 valence electrons. The minimum Gasteiger partial charge on any atom is -0.337 e. The normalized spacial score (nSPS) is 17.7. The molecule has 1 aromatic heterocycles. The third kappa shape index (κ3) is 5.92. The van der Waals surface area contributed by atoms with Crippen LogP contribution in [-0.4, -0.2) is 64.1 Å². The number of amides is 2. The molecule has 0 aliphatic carbocycles. The van der Waals surface area contributed by atoms with E-state index in [1.165, 1.54) is 17.1 Å². The molecular weight excluding hydrogens is 481 g/mol. The SMILES string of the molecule is CC(C)C(=O)Cc1nc(N2CCN(C(=O)N3N=CC[C@H]3c3cc(F)cc(F)c3)CC2)ncc1F.S. The van der Waals surface area contributed by atoms with Crippen molar-refractivity contribution in [2.24, 2.45) is 11.0 Å². The topological polar surface area (TPSA) is 82.0 Å². The van der Waals surface area contributed by atoms with Gasteiger partial charge in [0, 0.05) is 50.8 Å². The second-order valence-electron chi connectivity index (χ2n) is 8.62.